The van der Waals surface area contributed by atoms with E-state index in [0.717, 1.165) is 22.2 Å². The van der Waals surface area contributed by atoms with Gasteiger partial charge in [0, 0.05) is 30.1 Å². The van der Waals surface area contributed by atoms with Gasteiger partial charge in [-0.25, -0.2) is 12.8 Å². The number of nitrogens with one attached hydrogen (secondary N) is 2. The molecule has 0 bridgehead atoms. The molecule has 4 aromatic rings. The van der Waals surface area contributed by atoms with Gasteiger partial charge in [-0.05, 0) is 53.6 Å². The Kier molecular flexibility index (Phi) is 5.82. The summed E-state index contributed by atoms with van der Waals surface area (Å²) in [5.41, 5.74) is 3.73. The summed E-state index contributed by atoms with van der Waals surface area (Å²) in [6.07, 6.45) is 0.403. The number of esters is 1. The number of carbonyl (C=O) groups is 1. The zero-order valence-corrected chi connectivity index (χ0v) is 20.0. The van der Waals surface area contributed by atoms with Crippen LogP contribution >= 0.6 is 0 Å². The number of benzene rings is 3. The van der Waals surface area contributed by atoms with Crippen LogP contribution in [-0.2, 0) is 26.0 Å². The molecule has 180 valence electrons. The molecule has 2 unspecified atom stereocenters. The van der Waals surface area contributed by atoms with Crippen LogP contribution in [0.25, 0.3) is 10.9 Å². The maximum absolute atomic E-state index is 13.9. The number of hydrogen-bond acceptors (Lipinski definition) is 5. The van der Waals surface area contributed by atoms with E-state index in [9.17, 15) is 17.6 Å². The molecule has 2 heterocycles. The van der Waals surface area contributed by atoms with E-state index >= 15 is 0 Å². The van der Waals surface area contributed by atoms with Crippen LogP contribution in [0, 0.1) is 5.82 Å². The third-order valence-electron chi connectivity index (χ3n) is 6.44. The van der Waals surface area contributed by atoms with Crippen LogP contribution < -0.4 is 9.62 Å². The van der Waals surface area contributed by atoms with Crippen LogP contribution in [0.4, 0.5) is 10.1 Å². The molecule has 35 heavy (non-hydrogen) atoms. The summed E-state index contributed by atoms with van der Waals surface area (Å²) in [7, 11) is -0.856. The fourth-order valence-electron chi connectivity index (χ4n) is 4.59. The molecule has 0 aliphatic carbocycles. The van der Waals surface area contributed by atoms with E-state index in [1.165, 1.54) is 30.6 Å². The zero-order chi connectivity index (χ0) is 24.7. The molecule has 0 fully saturated rings. The fourth-order valence-corrected chi connectivity index (χ4v) is 5.80. The van der Waals surface area contributed by atoms with Crippen molar-refractivity contribution >= 4 is 32.6 Å². The molecule has 2 N–H and O–H groups in total. The number of fused-ring (bicyclic) bond motifs is 3. The van der Waals surface area contributed by atoms with Gasteiger partial charge < -0.3 is 9.72 Å². The second kappa shape index (κ2) is 8.83. The highest BCUT2D eigenvalue weighted by molar-refractivity contribution is 7.92. The number of halogens is 1. The number of nitrogens with zero attached hydrogens (tertiary/aromatic N) is 1. The molecule has 1 aliphatic rings. The second-order valence-electron chi connectivity index (χ2n) is 8.46. The van der Waals surface area contributed by atoms with Crippen molar-refractivity contribution in [1.82, 2.24) is 10.3 Å². The van der Waals surface area contributed by atoms with Gasteiger partial charge in [0.15, 0.2) is 0 Å². The summed E-state index contributed by atoms with van der Waals surface area (Å²) in [5, 5.41) is 4.18. The standard InChI is InChI=1S/C26H24FN3O4S/c1-30(35(32,33)19-6-4-3-5-7-19)18-11-8-16(9-12-18)24-25-21(15-23(29-24)26(31)34-2)20-13-10-17(27)14-22(20)28-25/h3-14,23-24,28-29H,15H2,1-2H3. The number of rotatable bonds is 5. The van der Waals surface area contributed by atoms with Crippen LogP contribution in [0.3, 0.4) is 0 Å². The lowest BCUT2D eigenvalue weighted by Crippen LogP contribution is -2.45. The topological polar surface area (TPSA) is 91.5 Å². The molecule has 0 saturated heterocycles. The van der Waals surface area contributed by atoms with Crippen molar-refractivity contribution in [1.29, 1.82) is 0 Å². The molecule has 0 amide bonds. The van der Waals surface area contributed by atoms with E-state index in [1.807, 2.05) is 12.1 Å². The minimum atomic E-state index is -3.71. The lowest BCUT2D eigenvalue weighted by Gasteiger charge is -2.30. The molecular formula is C26H24FN3O4S. The van der Waals surface area contributed by atoms with Crippen molar-refractivity contribution in [2.24, 2.45) is 0 Å². The first kappa shape index (κ1) is 23.1. The summed E-state index contributed by atoms with van der Waals surface area (Å²) in [6, 6.07) is 18.9. The van der Waals surface area contributed by atoms with Gasteiger partial charge in [-0.1, -0.05) is 30.3 Å². The average molecular weight is 494 g/mol. The van der Waals surface area contributed by atoms with Gasteiger partial charge in [0.1, 0.15) is 11.9 Å². The first-order chi connectivity index (χ1) is 16.8. The highest BCUT2D eigenvalue weighted by Crippen LogP contribution is 2.36. The number of carbonyl (C=O) groups excluding carboxylic acids is 1. The number of sulfonamides is 1. The summed E-state index contributed by atoms with van der Waals surface area (Å²) < 4.78 is 46.0. The van der Waals surface area contributed by atoms with E-state index in [2.05, 4.69) is 10.3 Å². The van der Waals surface area contributed by atoms with Crippen molar-refractivity contribution in [3.8, 4) is 0 Å². The van der Waals surface area contributed by atoms with E-state index in [1.54, 1.807) is 48.5 Å². The molecule has 0 radical (unpaired) electrons. The van der Waals surface area contributed by atoms with Crippen molar-refractivity contribution < 1.29 is 22.3 Å². The predicted octanol–water partition coefficient (Wildman–Crippen LogP) is 3.91. The van der Waals surface area contributed by atoms with E-state index < -0.39 is 22.1 Å². The van der Waals surface area contributed by atoms with E-state index in [0.29, 0.717) is 17.6 Å². The third kappa shape index (κ3) is 4.06. The monoisotopic (exact) mass is 493 g/mol. The van der Waals surface area contributed by atoms with Gasteiger partial charge in [-0.2, -0.15) is 0 Å². The fraction of sp³-hybridized carbons (Fsp3) is 0.192. The Morgan fingerprint density at radius 2 is 1.77 bits per heavy atom. The maximum atomic E-state index is 13.9. The minimum Gasteiger partial charge on any atom is -0.468 e. The number of hydrogen-bond donors (Lipinski definition) is 2. The van der Waals surface area contributed by atoms with Gasteiger partial charge in [0.25, 0.3) is 10.0 Å². The molecular weight excluding hydrogens is 469 g/mol. The Balaban J connectivity index is 1.52. The molecule has 1 aliphatic heterocycles. The maximum Gasteiger partial charge on any atom is 0.323 e. The van der Waals surface area contributed by atoms with E-state index in [4.69, 9.17) is 4.74 Å². The summed E-state index contributed by atoms with van der Waals surface area (Å²) in [5.74, 6) is -0.737. The van der Waals surface area contributed by atoms with Crippen molar-refractivity contribution in [3.05, 3.63) is 95.4 Å². The molecule has 0 spiro atoms. The normalized spacial score (nSPS) is 17.7. The van der Waals surface area contributed by atoms with Gasteiger partial charge in [-0.15, -0.1) is 0 Å². The van der Waals surface area contributed by atoms with Crippen molar-refractivity contribution in [2.75, 3.05) is 18.5 Å². The number of aromatic nitrogens is 1. The van der Waals surface area contributed by atoms with Gasteiger partial charge in [0.2, 0.25) is 0 Å². The van der Waals surface area contributed by atoms with Gasteiger partial charge >= 0.3 is 5.97 Å². The highest BCUT2D eigenvalue weighted by atomic mass is 32.2. The quantitative estimate of drug-likeness (QED) is 0.412. The first-order valence-electron chi connectivity index (χ1n) is 11.1. The molecule has 1 aromatic heterocycles. The summed E-state index contributed by atoms with van der Waals surface area (Å²) >= 11 is 0. The Morgan fingerprint density at radius 3 is 2.46 bits per heavy atom. The average Bonchev–Trinajstić information content (AvgIpc) is 3.25. The number of ether oxygens (including phenoxy) is 1. The molecule has 7 nitrogen and oxygen atoms in total. The summed E-state index contributed by atoms with van der Waals surface area (Å²) in [4.78, 5) is 15.9. The first-order valence-corrected chi connectivity index (χ1v) is 12.5. The van der Waals surface area contributed by atoms with Gasteiger partial charge in [0.05, 0.1) is 23.7 Å². The van der Waals surface area contributed by atoms with Crippen molar-refractivity contribution in [3.63, 3.8) is 0 Å². The van der Waals surface area contributed by atoms with Crippen LogP contribution in [0.15, 0.2) is 77.7 Å². The Bertz CT molecular complexity index is 1500. The molecule has 5 rings (SSSR count). The Labute approximate surface area is 202 Å². The number of anilines is 1. The molecule has 9 heteroatoms. The number of aromatic amines is 1. The molecule has 2 atom stereocenters. The van der Waals surface area contributed by atoms with Crippen LogP contribution in [0.5, 0.6) is 0 Å². The Hall–Kier alpha value is -3.69. The zero-order valence-electron chi connectivity index (χ0n) is 19.2. The van der Waals surface area contributed by atoms with Crippen LogP contribution in [0.2, 0.25) is 0 Å². The lowest BCUT2D eigenvalue weighted by atomic mass is 9.90. The SMILES string of the molecule is COC(=O)C1Cc2c([nH]c3cc(F)ccc23)C(c2ccc(N(C)S(=O)(=O)c3ccccc3)cc2)N1. The van der Waals surface area contributed by atoms with Gasteiger partial charge in [-0.3, -0.25) is 14.4 Å². The van der Waals surface area contributed by atoms with E-state index in [-0.39, 0.29) is 16.7 Å². The summed E-state index contributed by atoms with van der Waals surface area (Å²) in [6.45, 7) is 0. The third-order valence-corrected chi connectivity index (χ3v) is 8.24. The predicted molar refractivity (Wildman–Crippen MR) is 131 cm³/mol. The van der Waals surface area contributed by atoms with Crippen LogP contribution in [-0.4, -0.2) is 39.6 Å². The smallest absolute Gasteiger partial charge is 0.323 e. The van der Waals surface area contributed by atoms with Crippen molar-refractivity contribution in [2.45, 2.75) is 23.4 Å². The highest BCUT2D eigenvalue weighted by Gasteiger charge is 2.34. The second-order valence-corrected chi connectivity index (χ2v) is 10.4. The number of H-pyrrole nitrogens is 1. The molecule has 3 aromatic carbocycles. The number of methoxy groups -OCH3 is 1. The van der Waals surface area contributed by atoms with Crippen LogP contribution in [0.1, 0.15) is 22.9 Å². The lowest BCUT2D eigenvalue weighted by molar-refractivity contribution is -0.143. The molecule has 0 saturated carbocycles. The largest absolute Gasteiger partial charge is 0.468 e. The minimum absolute atomic E-state index is 0.205. The Morgan fingerprint density at radius 1 is 1.06 bits per heavy atom.